The number of rotatable bonds is 4. The first-order valence-corrected chi connectivity index (χ1v) is 10.1. The molecule has 2 aliphatic rings. The third-order valence-electron chi connectivity index (χ3n) is 6.38. The molecule has 5 nitrogen and oxygen atoms in total. The minimum Gasteiger partial charge on any atom is -0.361 e. The number of carbonyl (C=O) groups is 1. The van der Waals surface area contributed by atoms with E-state index >= 15 is 0 Å². The number of amides is 1. The number of carbonyl (C=O) groups excluding carboxylic acids is 1. The Morgan fingerprint density at radius 1 is 1.19 bits per heavy atom. The van der Waals surface area contributed by atoms with Gasteiger partial charge in [-0.25, -0.2) is 0 Å². The van der Waals surface area contributed by atoms with Crippen LogP contribution in [0.4, 0.5) is 5.69 Å². The fraction of sp³-hybridized carbons (Fsp3) is 0.545. The Labute approximate surface area is 161 Å². The van der Waals surface area contributed by atoms with Crippen molar-refractivity contribution in [2.24, 2.45) is 0 Å². The summed E-state index contributed by atoms with van der Waals surface area (Å²) in [6, 6.07) is 9.85. The molecular formula is C22H29N3O2. The molecule has 27 heavy (non-hydrogen) atoms. The van der Waals surface area contributed by atoms with Gasteiger partial charge in [0.1, 0.15) is 11.3 Å². The fourth-order valence-electron chi connectivity index (χ4n) is 4.90. The highest BCUT2D eigenvalue weighted by Crippen LogP contribution is 2.39. The summed E-state index contributed by atoms with van der Waals surface area (Å²) < 4.78 is 5.09. The Hall–Kier alpha value is -2.14. The highest BCUT2D eigenvalue weighted by Gasteiger charge is 2.34. The van der Waals surface area contributed by atoms with Crippen LogP contribution in [0.3, 0.4) is 0 Å². The number of anilines is 1. The van der Waals surface area contributed by atoms with Crippen LogP contribution in [0.1, 0.15) is 72.3 Å². The summed E-state index contributed by atoms with van der Waals surface area (Å²) in [6.07, 6.45) is 6.52. The van der Waals surface area contributed by atoms with E-state index < -0.39 is 0 Å². The Balaban J connectivity index is 1.39. The van der Waals surface area contributed by atoms with E-state index in [4.69, 9.17) is 4.52 Å². The number of nitrogens with one attached hydrogen (secondary N) is 1. The molecule has 5 heteroatoms. The minimum atomic E-state index is -0.164. The van der Waals surface area contributed by atoms with Crippen molar-refractivity contribution in [1.29, 1.82) is 0 Å². The molecule has 0 bridgehead atoms. The number of hydrogen-bond donors (Lipinski definition) is 1. The second-order valence-corrected chi connectivity index (χ2v) is 8.17. The third-order valence-corrected chi connectivity index (χ3v) is 6.38. The molecule has 1 aromatic heterocycles. The molecule has 1 amide bonds. The molecule has 2 fully saturated rings. The number of hydrogen-bond acceptors (Lipinski definition) is 4. The molecular weight excluding hydrogens is 338 g/mol. The second kappa shape index (κ2) is 7.47. The molecule has 1 N–H and O–H groups in total. The van der Waals surface area contributed by atoms with Crippen LogP contribution in [0.5, 0.6) is 0 Å². The van der Waals surface area contributed by atoms with Gasteiger partial charge in [-0.2, -0.15) is 0 Å². The number of aryl methyl sites for hydroxylation is 2. The quantitative estimate of drug-likeness (QED) is 0.853. The zero-order valence-electron chi connectivity index (χ0n) is 16.5. The smallest absolute Gasteiger partial charge is 0.261 e. The van der Waals surface area contributed by atoms with Crippen molar-refractivity contribution in [3.63, 3.8) is 0 Å². The maximum atomic E-state index is 12.5. The molecule has 3 atom stereocenters. The second-order valence-electron chi connectivity index (χ2n) is 8.17. The number of nitrogens with zero attached hydrogens (tertiary/aromatic N) is 2. The molecule has 1 aromatic carbocycles. The van der Waals surface area contributed by atoms with E-state index in [0.717, 1.165) is 17.8 Å². The van der Waals surface area contributed by atoms with Crippen LogP contribution in [0, 0.1) is 13.8 Å². The van der Waals surface area contributed by atoms with Gasteiger partial charge in [-0.05, 0) is 83.0 Å². The highest BCUT2D eigenvalue weighted by atomic mass is 16.5. The Morgan fingerprint density at radius 2 is 1.96 bits per heavy atom. The summed E-state index contributed by atoms with van der Waals surface area (Å²) in [7, 11) is 0. The molecule has 4 rings (SSSR count). The molecule has 144 valence electrons. The van der Waals surface area contributed by atoms with E-state index in [1.54, 1.807) is 13.8 Å². The average Bonchev–Trinajstić information content (AvgIpc) is 3.36. The summed E-state index contributed by atoms with van der Waals surface area (Å²) in [6.45, 7) is 7.18. The predicted molar refractivity (Wildman–Crippen MR) is 106 cm³/mol. The molecule has 1 aliphatic carbocycles. The lowest BCUT2D eigenvalue weighted by molar-refractivity contribution is 0.102. The lowest BCUT2D eigenvalue weighted by Crippen LogP contribution is -2.35. The van der Waals surface area contributed by atoms with Gasteiger partial charge in [0.25, 0.3) is 5.91 Å². The van der Waals surface area contributed by atoms with Crippen molar-refractivity contribution in [3.8, 4) is 0 Å². The van der Waals surface area contributed by atoms with Crippen LogP contribution < -0.4 is 5.32 Å². The molecule has 1 saturated carbocycles. The van der Waals surface area contributed by atoms with E-state index in [1.165, 1.54) is 44.2 Å². The normalized spacial score (nSPS) is 25.8. The van der Waals surface area contributed by atoms with Gasteiger partial charge >= 0.3 is 0 Å². The van der Waals surface area contributed by atoms with Crippen LogP contribution in [0.2, 0.25) is 0 Å². The standard InChI is InChI=1S/C22H29N3O2/c1-14-5-4-12-25(14)20-11-8-18(13-20)17-6-9-19(10-7-17)23-22(26)21-15(2)24-27-16(21)3/h6-7,9-10,14,18,20H,4-5,8,11-13H2,1-3H3,(H,23,26)/t14-,18-,20?/m0/s1. The van der Waals surface area contributed by atoms with Gasteiger partial charge < -0.3 is 9.84 Å². The zero-order valence-corrected chi connectivity index (χ0v) is 16.5. The maximum absolute atomic E-state index is 12.5. The summed E-state index contributed by atoms with van der Waals surface area (Å²) >= 11 is 0. The highest BCUT2D eigenvalue weighted by molar-refractivity contribution is 6.05. The minimum absolute atomic E-state index is 0.164. The SMILES string of the molecule is Cc1noc(C)c1C(=O)Nc1ccc([C@H]2CCC(N3CCC[C@@H]3C)C2)cc1. The first kappa shape index (κ1) is 18.2. The van der Waals surface area contributed by atoms with Gasteiger partial charge in [0.2, 0.25) is 0 Å². The molecule has 2 aromatic rings. The number of benzene rings is 1. The van der Waals surface area contributed by atoms with Crippen molar-refractivity contribution in [3.05, 3.63) is 46.8 Å². The summed E-state index contributed by atoms with van der Waals surface area (Å²) in [5, 5.41) is 6.81. The predicted octanol–water partition coefficient (Wildman–Crippen LogP) is 4.66. The van der Waals surface area contributed by atoms with Crippen molar-refractivity contribution in [2.45, 2.75) is 70.9 Å². The van der Waals surface area contributed by atoms with Gasteiger partial charge in [-0.1, -0.05) is 17.3 Å². The van der Waals surface area contributed by atoms with Crippen molar-refractivity contribution in [2.75, 3.05) is 11.9 Å². The zero-order chi connectivity index (χ0) is 19.0. The topological polar surface area (TPSA) is 58.4 Å². The molecule has 0 radical (unpaired) electrons. The van der Waals surface area contributed by atoms with Gasteiger partial charge in [-0.15, -0.1) is 0 Å². The molecule has 2 heterocycles. The Morgan fingerprint density at radius 3 is 2.59 bits per heavy atom. The van der Waals surface area contributed by atoms with E-state index in [-0.39, 0.29) is 5.91 Å². The fourth-order valence-corrected chi connectivity index (χ4v) is 4.90. The lowest BCUT2D eigenvalue weighted by Gasteiger charge is -2.28. The van der Waals surface area contributed by atoms with Crippen LogP contribution in [0.15, 0.2) is 28.8 Å². The van der Waals surface area contributed by atoms with Crippen molar-refractivity contribution >= 4 is 11.6 Å². The van der Waals surface area contributed by atoms with Crippen molar-refractivity contribution in [1.82, 2.24) is 10.1 Å². The van der Waals surface area contributed by atoms with Crippen LogP contribution in [0.25, 0.3) is 0 Å². The van der Waals surface area contributed by atoms with E-state index in [9.17, 15) is 4.79 Å². The maximum Gasteiger partial charge on any atom is 0.261 e. The van der Waals surface area contributed by atoms with Gasteiger partial charge in [0.15, 0.2) is 0 Å². The van der Waals surface area contributed by atoms with Gasteiger partial charge in [0, 0.05) is 17.8 Å². The van der Waals surface area contributed by atoms with Crippen LogP contribution >= 0.6 is 0 Å². The lowest BCUT2D eigenvalue weighted by atomic mass is 9.97. The number of likely N-dealkylation sites (tertiary alicyclic amines) is 1. The molecule has 1 unspecified atom stereocenters. The Kier molecular flexibility index (Phi) is 5.04. The van der Waals surface area contributed by atoms with E-state index in [2.05, 4.69) is 34.4 Å². The summed E-state index contributed by atoms with van der Waals surface area (Å²) in [5.41, 5.74) is 3.35. The molecule has 1 aliphatic heterocycles. The van der Waals surface area contributed by atoms with Crippen LogP contribution in [-0.4, -0.2) is 34.6 Å². The van der Waals surface area contributed by atoms with Gasteiger partial charge in [-0.3, -0.25) is 9.69 Å². The van der Waals surface area contributed by atoms with E-state index in [1.807, 2.05) is 12.1 Å². The number of aromatic nitrogens is 1. The third kappa shape index (κ3) is 3.65. The van der Waals surface area contributed by atoms with Crippen LogP contribution in [-0.2, 0) is 0 Å². The van der Waals surface area contributed by atoms with E-state index in [0.29, 0.717) is 22.9 Å². The Bertz CT molecular complexity index is 792. The summed E-state index contributed by atoms with van der Waals surface area (Å²) in [4.78, 5) is 15.2. The molecule has 1 saturated heterocycles. The average molecular weight is 367 g/mol. The summed E-state index contributed by atoms with van der Waals surface area (Å²) in [5.74, 6) is 1.02. The van der Waals surface area contributed by atoms with Gasteiger partial charge in [0.05, 0.1) is 5.69 Å². The first-order chi connectivity index (χ1) is 13.0. The first-order valence-electron chi connectivity index (χ1n) is 10.1. The monoisotopic (exact) mass is 367 g/mol. The van der Waals surface area contributed by atoms with Crippen molar-refractivity contribution < 1.29 is 9.32 Å². The largest absolute Gasteiger partial charge is 0.361 e. The molecule has 0 spiro atoms.